The number of hydrogen-bond acceptors (Lipinski definition) is 4. The summed E-state index contributed by atoms with van der Waals surface area (Å²) in [6, 6.07) is 0.261. The van der Waals surface area contributed by atoms with E-state index in [1.165, 1.54) is 0 Å². The van der Waals surface area contributed by atoms with Crippen LogP contribution in [0.3, 0.4) is 0 Å². The van der Waals surface area contributed by atoms with Crippen LogP contribution in [0, 0.1) is 0 Å². The van der Waals surface area contributed by atoms with Crippen molar-refractivity contribution in [2.75, 3.05) is 16.8 Å². The Kier molecular flexibility index (Phi) is 3.12. The highest BCUT2D eigenvalue weighted by molar-refractivity contribution is 9.10. The minimum atomic E-state index is -0.658. The maximum Gasteiger partial charge on any atom is 0.222 e. The smallest absolute Gasteiger partial charge is 0.222 e. The van der Waals surface area contributed by atoms with Crippen molar-refractivity contribution >= 4 is 32.7 Å². The van der Waals surface area contributed by atoms with Crippen LogP contribution in [0.2, 0.25) is 0 Å². The van der Waals surface area contributed by atoms with Gasteiger partial charge in [-0.25, -0.2) is 9.97 Å². The van der Waals surface area contributed by atoms with Crippen molar-refractivity contribution in [3.05, 3.63) is 16.9 Å². The van der Waals surface area contributed by atoms with Gasteiger partial charge in [-0.2, -0.15) is 0 Å². The van der Waals surface area contributed by atoms with Gasteiger partial charge in [0.2, 0.25) is 5.95 Å². The third kappa shape index (κ3) is 2.51. The summed E-state index contributed by atoms with van der Waals surface area (Å²) < 4.78 is 12.0. The second kappa shape index (κ2) is 4.35. The van der Waals surface area contributed by atoms with E-state index >= 15 is 0 Å². The van der Waals surface area contributed by atoms with Crippen LogP contribution in [-0.2, 0) is 10.8 Å². The van der Waals surface area contributed by atoms with Crippen LogP contribution in [-0.4, -0.2) is 31.7 Å². The molecule has 0 amide bonds. The summed E-state index contributed by atoms with van der Waals surface area (Å²) in [6.45, 7) is 0. The van der Waals surface area contributed by atoms with Crippen LogP contribution >= 0.6 is 15.9 Å². The zero-order valence-corrected chi connectivity index (χ0v) is 9.84. The Morgan fingerprint density at radius 2 is 2.21 bits per heavy atom. The van der Waals surface area contributed by atoms with Gasteiger partial charge in [0.15, 0.2) is 0 Å². The molecule has 14 heavy (non-hydrogen) atoms. The second-order valence-corrected chi connectivity index (χ2v) is 5.70. The molecule has 4 nitrogen and oxygen atoms in total. The zero-order valence-electron chi connectivity index (χ0n) is 7.44. The van der Waals surface area contributed by atoms with Gasteiger partial charge in [-0.05, 0) is 22.4 Å². The fraction of sp³-hybridized carbons (Fsp3) is 0.500. The highest BCUT2D eigenvalue weighted by Gasteiger charge is 2.21. The summed E-state index contributed by atoms with van der Waals surface area (Å²) in [5.41, 5.74) is 0. The van der Waals surface area contributed by atoms with Crippen molar-refractivity contribution in [3.63, 3.8) is 0 Å². The van der Waals surface area contributed by atoms with Gasteiger partial charge in [0.1, 0.15) is 0 Å². The Hall–Kier alpha value is -0.490. The lowest BCUT2D eigenvalue weighted by Gasteiger charge is -2.09. The lowest BCUT2D eigenvalue weighted by Crippen LogP contribution is -2.20. The Morgan fingerprint density at radius 3 is 2.79 bits per heavy atom. The topological polar surface area (TPSA) is 54.9 Å². The van der Waals surface area contributed by atoms with Crippen LogP contribution in [0.4, 0.5) is 5.95 Å². The van der Waals surface area contributed by atoms with E-state index in [1.54, 1.807) is 12.4 Å². The average Bonchev–Trinajstić information content (AvgIpc) is 2.56. The molecule has 2 atom stereocenters. The predicted octanol–water partition coefficient (Wildman–Crippen LogP) is 1.17. The number of anilines is 1. The molecule has 1 aromatic rings. The average molecular weight is 276 g/mol. The molecule has 76 valence electrons. The zero-order chi connectivity index (χ0) is 9.97. The normalized spacial score (nSPS) is 26.4. The SMILES string of the molecule is O=[S@@]1CC[C@@H](Nc2ncc(Br)cn2)C1. The lowest BCUT2D eigenvalue weighted by molar-refractivity contribution is 0.686. The fourth-order valence-corrected chi connectivity index (χ4v) is 2.97. The first-order valence-corrected chi connectivity index (χ1v) is 6.61. The van der Waals surface area contributed by atoms with Crippen molar-refractivity contribution in [3.8, 4) is 0 Å². The Balaban J connectivity index is 1.97. The highest BCUT2D eigenvalue weighted by Crippen LogP contribution is 2.13. The molecule has 1 aliphatic heterocycles. The van der Waals surface area contributed by atoms with Crippen molar-refractivity contribution < 1.29 is 4.21 Å². The standard InChI is InChI=1S/C8H10BrN3OS/c9-6-3-10-8(11-4-6)12-7-1-2-14(13)5-7/h3-4,7H,1-2,5H2,(H,10,11,12)/t7-,14-/m1/s1. The Bertz CT molecular complexity index is 343. The van der Waals surface area contributed by atoms with E-state index in [1.807, 2.05) is 0 Å². The number of halogens is 1. The molecule has 0 radical (unpaired) electrons. The molecule has 0 spiro atoms. The number of rotatable bonds is 2. The molecule has 1 aliphatic rings. The highest BCUT2D eigenvalue weighted by atomic mass is 79.9. The van der Waals surface area contributed by atoms with E-state index in [0.29, 0.717) is 11.7 Å². The van der Waals surface area contributed by atoms with E-state index in [-0.39, 0.29) is 6.04 Å². The number of hydrogen-bond donors (Lipinski definition) is 1. The van der Waals surface area contributed by atoms with Crippen molar-refractivity contribution in [1.82, 2.24) is 9.97 Å². The van der Waals surface area contributed by atoms with Gasteiger partial charge in [-0.15, -0.1) is 0 Å². The molecule has 1 N–H and O–H groups in total. The van der Waals surface area contributed by atoms with Crippen LogP contribution in [0.15, 0.2) is 16.9 Å². The molecule has 1 fully saturated rings. The van der Waals surface area contributed by atoms with Gasteiger partial charge in [-0.1, -0.05) is 0 Å². The van der Waals surface area contributed by atoms with Gasteiger partial charge in [0.05, 0.1) is 4.47 Å². The molecule has 2 rings (SSSR count). The third-order valence-corrected chi connectivity index (χ3v) is 3.91. The largest absolute Gasteiger partial charge is 0.351 e. The molecule has 0 bridgehead atoms. The van der Waals surface area contributed by atoms with Gasteiger partial charge < -0.3 is 5.32 Å². The van der Waals surface area contributed by atoms with Gasteiger partial charge in [-0.3, -0.25) is 4.21 Å². The summed E-state index contributed by atoms with van der Waals surface area (Å²) in [7, 11) is -0.658. The van der Waals surface area contributed by atoms with Crippen molar-refractivity contribution in [2.24, 2.45) is 0 Å². The van der Waals surface area contributed by atoms with E-state index in [2.05, 4.69) is 31.2 Å². The van der Waals surface area contributed by atoms with Crippen LogP contribution in [0.5, 0.6) is 0 Å². The monoisotopic (exact) mass is 275 g/mol. The van der Waals surface area contributed by atoms with E-state index in [9.17, 15) is 4.21 Å². The molecule has 1 aromatic heterocycles. The maximum absolute atomic E-state index is 11.1. The van der Waals surface area contributed by atoms with Gasteiger partial charge in [0.25, 0.3) is 0 Å². The third-order valence-electron chi connectivity index (χ3n) is 2.03. The number of aromatic nitrogens is 2. The van der Waals surface area contributed by atoms with Crippen molar-refractivity contribution in [1.29, 1.82) is 0 Å². The molecule has 2 heterocycles. The van der Waals surface area contributed by atoms with Crippen LogP contribution < -0.4 is 5.32 Å². The first-order chi connectivity index (χ1) is 6.74. The van der Waals surface area contributed by atoms with Gasteiger partial charge >= 0.3 is 0 Å². The summed E-state index contributed by atoms with van der Waals surface area (Å²) in [6.07, 6.45) is 4.33. The van der Waals surface area contributed by atoms with Crippen LogP contribution in [0.25, 0.3) is 0 Å². The first kappa shape index (κ1) is 10.0. The molecule has 1 saturated heterocycles. The molecular weight excluding hydrogens is 266 g/mol. The van der Waals surface area contributed by atoms with Crippen molar-refractivity contribution in [2.45, 2.75) is 12.5 Å². The predicted molar refractivity (Wildman–Crippen MR) is 59.6 cm³/mol. The van der Waals surface area contributed by atoms with E-state index in [4.69, 9.17) is 0 Å². The quantitative estimate of drug-likeness (QED) is 0.881. The minimum Gasteiger partial charge on any atom is -0.351 e. The van der Waals surface area contributed by atoms with E-state index < -0.39 is 10.8 Å². The Morgan fingerprint density at radius 1 is 1.50 bits per heavy atom. The summed E-state index contributed by atoms with van der Waals surface area (Å²) >= 11 is 3.27. The minimum absolute atomic E-state index is 0.261. The number of nitrogens with zero attached hydrogens (tertiary/aromatic N) is 2. The fourth-order valence-electron chi connectivity index (χ4n) is 1.35. The lowest BCUT2D eigenvalue weighted by atomic mass is 10.3. The summed E-state index contributed by atoms with van der Waals surface area (Å²) in [5, 5.41) is 3.16. The van der Waals surface area contributed by atoms with Crippen LogP contribution in [0.1, 0.15) is 6.42 Å². The molecule has 0 saturated carbocycles. The number of nitrogens with one attached hydrogen (secondary N) is 1. The molecule has 0 aromatic carbocycles. The first-order valence-electron chi connectivity index (χ1n) is 4.33. The maximum atomic E-state index is 11.1. The molecule has 0 unspecified atom stereocenters. The Labute approximate surface area is 93.1 Å². The summed E-state index contributed by atoms with van der Waals surface area (Å²) in [5.74, 6) is 2.10. The van der Waals surface area contributed by atoms with Gasteiger partial charge in [0, 0.05) is 40.7 Å². The molecular formula is C8H10BrN3OS. The second-order valence-electron chi connectivity index (χ2n) is 3.17. The van der Waals surface area contributed by atoms with E-state index in [0.717, 1.165) is 16.6 Å². The molecule has 6 heteroatoms. The molecule has 0 aliphatic carbocycles. The summed E-state index contributed by atoms with van der Waals surface area (Å²) in [4.78, 5) is 8.20.